The summed E-state index contributed by atoms with van der Waals surface area (Å²) in [6.45, 7) is 1.08. The molecule has 1 aliphatic rings. The van der Waals surface area contributed by atoms with E-state index in [0.717, 1.165) is 32.6 Å². The summed E-state index contributed by atoms with van der Waals surface area (Å²) in [6.07, 6.45) is 7.21. The van der Waals surface area contributed by atoms with Gasteiger partial charge in [0, 0.05) is 32.2 Å². The molecule has 0 saturated heterocycles. The normalized spacial score (nSPS) is 15.9. The summed E-state index contributed by atoms with van der Waals surface area (Å²) in [6, 6.07) is 4.07. The summed E-state index contributed by atoms with van der Waals surface area (Å²) in [5.74, 6) is 0.145. The first-order valence-corrected chi connectivity index (χ1v) is 5.70. The Labute approximate surface area is 101 Å². The number of rotatable bonds is 1. The summed E-state index contributed by atoms with van der Waals surface area (Å²) in [7, 11) is 0. The molecule has 0 aromatic carbocycles. The van der Waals surface area contributed by atoms with Gasteiger partial charge in [-0.2, -0.15) is 0 Å². The first kappa shape index (κ1) is 13.4. The van der Waals surface area contributed by atoms with Gasteiger partial charge in [0.2, 0.25) is 0 Å². The quantitative estimate of drug-likeness (QED) is 0.811. The first-order chi connectivity index (χ1) is 8.09. The number of ketones is 1. The number of nitrogens with zero attached hydrogens (tertiary/aromatic N) is 1. The lowest BCUT2D eigenvalue weighted by Crippen LogP contribution is -2.12. The van der Waals surface area contributed by atoms with E-state index in [9.17, 15) is 4.79 Å². The second-order valence-corrected chi connectivity index (χ2v) is 4.12. The predicted octanol–water partition coefficient (Wildman–Crippen LogP) is 2.40. The molecule has 0 bridgehead atoms. The van der Waals surface area contributed by atoms with Gasteiger partial charge in [-0.05, 0) is 30.4 Å². The third-order valence-electron chi connectivity index (χ3n) is 2.70. The van der Waals surface area contributed by atoms with Crippen molar-refractivity contribution < 1.29 is 14.7 Å². The Bertz CT molecular complexity index is 362. The van der Waals surface area contributed by atoms with Crippen molar-refractivity contribution in [1.29, 1.82) is 0 Å². The van der Waals surface area contributed by atoms with E-state index >= 15 is 0 Å². The van der Waals surface area contributed by atoms with Crippen LogP contribution in [0.25, 0.3) is 0 Å². The lowest BCUT2D eigenvalue weighted by Gasteiger charge is -2.20. The molecule has 1 saturated carbocycles. The molecule has 1 heterocycles. The zero-order valence-corrected chi connectivity index (χ0v) is 9.93. The highest BCUT2D eigenvalue weighted by molar-refractivity contribution is 5.79. The Morgan fingerprint density at radius 1 is 1.41 bits per heavy atom. The standard InChI is InChI=1S/C11H13NO.C2H4O2/c13-11-5-3-9(4-6-11)10-2-1-7-12-8-10;1-2(3)4/h1-2,7-9H,3-6H2;1H3,(H,3,4). The summed E-state index contributed by atoms with van der Waals surface area (Å²) < 4.78 is 0. The fourth-order valence-electron chi connectivity index (χ4n) is 1.89. The van der Waals surface area contributed by atoms with Crippen LogP contribution in [-0.2, 0) is 9.59 Å². The van der Waals surface area contributed by atoms with Crippen LogP contribution in [0.5, 0.6) is 0 Å². The number of hydrogen-bond donors (Lipinski definition) is 1. The Morgan fingerprint density at radius 3 is 2.47 bits per heavy atom. The SMILES string of the molecule is CC(=O)O.O=C1CCC(c2cccnc2)CC1. The maximum Gasteiger partial charge on any atom is 0.300 e. The van der Waals surface area contributed by atoms with Crippen molar-refractivity contribution in [3.63, 3.8) is 0 Å². The molecule has 1 aliphatic carbocycles. The zero-order chi connectivity index (χ0) is 12.7. The molecular weight excluding hydrogens is 218 g/mol. The molecule has 92 valence electrons. The molecule has 1 fully saturated rings. The first-order valence-electron chi connectivity index (χ1n) is 5.70. The van der Waals surface area contributed by atoms with Crippen LogP contribution in [0.2, 0.25) is 0 Å². The molecule has 2 rings (SSSR count). The molecule has 4 nitrogen and oxygen atoms in total. The van der Waals surface area contributed by atoms with E-state index in [1.54, 1.807) is 6.20 Å². The number of carbonyl (C=O) groups excluding carboxylic acids is 1. The van der Waals surface area contributed by atoms with E-state index in [0.29, 0.717) is 11.7 Å². The topological polar surface area (TPSA) is 67.3 Å². The van der Waals surface area contributed by atoms with E-state index < -0.39 is 5.97 Å². The van der Waals surface area contributed by atoms with Crippen LogP contribution in [-0.4, -0.2) is 21.8 Å². The van der Waals surface area contributed by atoms with Crippen LogP contribution in [0.3, 0.4) is 0 Å². The highest BCUT2D eigenvalue weighted by atomic mass is 16.4. The smallest absolute Gasteiger partial charge is 0.300 e. The van der Waals surface area contributed by atoms with Crippen molar-refractivity contribution in [3.05, 3.63) is 30.1 Å². The van der Waals surface area contributed by atoms with E-state index in [-0.39, 0.29) is 0 Å². The number of aliphatic carboxylic acids is 1. The maximum absolute atomic E-state index is 11.0. The zero-order valence-electron chi connectivity index (χ0n) is 9.93. The molecule has 1 aromatic heterocycles. The molecule has 4 heteroatoms. The Morgan fingerprint density at radius 2 is 2.00 bits per heavy atom. The minimum Gasteiger partial charge on any atom is -0.481 e. The Kier molecular flexibility index (Phi) is 5.33. The van der Waals surface area contributed by atoms with Gasteiger partial charge in [0.15, 0.2) is 0 Å². The maximum atomic E-state index is 11.0. The molecule has 0 spiro atoms. The van der Waals surface area contributed by atoms with Crippen molar-refractivity contribution in [2.75, 3.05) is 0 Å². The van der Waals surface area contributed by atoms with Gasteiger partial charge in [-0.25, -0.2) is 0 Å². The number of Topliss-reactive ketones (excluding diaryl/α,β-unsaturated/α-hetero) is 1. The van der Waals surface area contributed by atoms with E-state index in [1.807, 2.05) is 12.3 Å². The van der Waals surface area contributed by atoms with Crippen LogP contribution >= 0.6 is 0 Å². The number of carboxylic acid groups (broad SMARTS) is 1. The van der Waals surface area contributed by atoms with Crippen molar-refractivity contribution in [2.45, 2.75) is 38.5 Å². The molecular formula is C13H17NO3. The van der Waals surface area contributed by atoms with Crippen LogP contribution in [0.4, 0.5) is 0 Å². The average molecular weight is 235 g/mol. The van der Waals surface area contributed by atoms with Gasteiger partial charge < -0.3 is 5.11 Å². The van der Waals surface area contributed by atoms with Crippen LogP contribution in [0.15, 0.2) is 24.5 Å². The summed E-state index contributed by atoms with van der Waals surface area (Å²) in [5.41, 5.74) is 1.29. The van der Waals surface area contributed by atoms with Gasteiger partial charge >= 0.3 is 0 Å². The fourth-order valence-corrected chi connectivity index (χ4v) is 1.89. The number of aromatic nitrogens is 1. The van der Waals surface area contributed by atoms with Gasteiger partial charge in [-0.3, -0.25) is 14.6 Å². The number of hydrogen-bond acceptors (Lipinski definition) is 3. The fraction of sp³-hybridized carbons (Fsp3) is 0.462. The largest absolute Gasteiger partial charge is 0.481 e. The van der Waals surface area contributed by atoms with Crippen LogP contribution in [0, 0.1) is 0 Å². The van der Waals surface area contributed by atoms with Gasteiger partial charge in [-0.1, -0.05) is 6.07 Å². The number of carboxylic acids is 1. The summed E-state index contributed by atoms with van der Waals surface area (Å²) in [5, 5.41) is 7.42. The van der Waals surface area contributed by atoms with Crippen molar-refractivity contribution in [1.82, 2.24) is 4.98 Å². The predicted molar refractivity (Wildman–Crippen MR) is 63.8 cm³/mol. The Hall–Kier alpha value is -1.71. The van der Waals surface area contributed by atoms with Crippen LogP contribution < -0.4 is 0 Å². The highest BCUT2D eigenvalue weighted by Crippen LogP contribution is 2.30. The lowest BCUT2D eigenvalue weighted by molar-refractivity contribution is -0.134. The third-order valence-corrected chi connectivity index (χ3v) is 2.70. The molecule has 0 atom stereocenters. The van der Waals surface area contributed by atoms with Gasteiger partial charge in [0.25, 0.3) is 5.97 Å². The number of carbonyl (C=O) groups is 2. The molecule has 17 heavy (non-hydrogen) atoms. The second kappa shape index (κ2) is 6.78. The summed E-state index contributed by atoms with van der Waals surface area (Å²) >= 11 is 0. The minimum atomic E-state index is -0.833. The molecule has 0 aliphatic heterocycles. The van der Waals surface area contributed by atoms with E-state index in [1.165, 1.54) is 5.56 Å². The monoisotopic (exact) mass is 235 g/mol. The highest BCUT2D eigenvalue weighted by Gasteiger charge is 2.19. The van der Waals surface area contributed by atoms with Crippen molar-refractivity contribution >= 4 is 11.8 Å². The molecule has 1 N–H and O–H groups in total. The van der Waals surface area contributed by atoms with Crippen molar-refractivity contribution in [2.24, 2.45) is 0 Å². The minimum absolute atomic E-state index is 0.417. The molecule has 0 amide bonds. The molecule has 1 aromatic rings. The van der Waals surface area contributed by atoms with Crippen molar-refractivity contribution in [3.8, 4) is 0 Å². The Balaban J connectivity index is 0.000000317. The second-order valence-electron chi connectivity index (χ2n) is 4.12. The van der Waals surface area contributed by atoms with E-state index in [4.69, 9.17) is 9.90 Å². The summed E-state index contributed by atoms with van der Waals surface area (Å²) in [4.78, 5) is 24.1. The lowest BCUT2D eigenvalue weighted by atomic mass is 9.84. The van der Waals surface area contributed by atoms with Crippen LogP contribution in [0.1, 0.15) is 44.1 Å². The van der Waals surface area contributed by atoms with E-state index in [2.05, 4.69) is 11.1 Å². The molecule has 0 radical (unpaired) electrons. The molecule has 0 unspecified atom stereocenters. The third kappa shape index (κ3) is 5.24. The average Bonchev–Trinajstić information content (AvgIpc) is 2.30. The van der Waals surface area contributed by atoms with Gasteiger partial charge in [0.05, 0.1) is 0 Å². The number of pyridine rings is 1. The van der Waals surface area contributed by atoms with Gasteiger partial charge in [-0.15, -0.1) is 0 Å². The van der Waals surface area contributed by atoms with Gasteiger partial charge in [0.1, 0.15) is 5.78 Å².